The van der Waals surface area contributed by atoms with E-state index >= 15 is 0 Å². The molecule has 3 heterocycles. The Balaban J connectivity index is 1.32. The summed E-state index contributed by atoms with van der Waals surface area (Å²) in [7, 11) is 1.56. The van der Waals surface area contributed by atoms with Crippen molar-refractivity contribution in [1.29, 1.82) is 0 Å². The Bertz CT molecular complexity index is 1490. The number of halogens is 5. The van der Waals surface area contributed by atoms with Crippen LogP contribution in [-0.2, 0) is 7.05 Å². The van der Waals surface area contributed by atoms with Crippen LogP contribution < -0.4 is 26.2 Å². The van der Waals surface area contributed by atoms with Crippen molar-refractivity contribution in [2.75, 3.05) is 22.6 Å². The van der Waals surface area contributed by atoms with Crippen LogP contribution in [-0.4, -0.2) is 45.1 Å². The van der Waals surface area contributed by atoms with Crippen molar-refractivity contribution in [2.24, 2.45) is 13.0 Å². The highest BCUT2D eigenvalue weighted by Gasteiger charge is 2.51. The summed E-state index contributed by atoms with van der Waals surface area (Å²) in [5.41, 5.74) is 0.794. The van der Waals surface area contributed by atoms with E-state index in [-0.39, 0.29) is 53.0 Å². The van der Waals surface area contributed by atoms with E-state index in [9.17, 15) is 22.4 Å². The number of fused-ring (bicyclic) bond motifs is 3. The molecule has 0 radical (unpaired) electrons. The molecule has 2 aromatic heterocycles. The van der Waals surface area contributed by atoms with E-state index < -0.39 is 30.1 Å². The molecule has 3 N–H and O–H groups in total. The second-order valence-electron chi connectivity index (χ2n) is 10.6. The fourth-order valence-electron chi connectivity index (χ4n) is 5.31. The maximum Gasteiger partial charge on any atom is 0.301 e. The minimum Gasteiger partial charge on any atom is -0.480 e. The molecule has 0 saturated heterocycles. The number of aryl methyl sites for hydroxylation is 1. The summed E-state index contributed by atoms with van der Waals surface area (Å²) in [6.07, 6.45) is 2.98. The quantitative estimate of drug-likeness (QED) is 0.329. The lowest BCUT2D eigenvalue weighted by molar-refractivity contribution is -0.0579. The predicted octanol–water partition coefficient (Wildman–Crippen LogP) is 5.93. The maximum atomic E-state index is 14.9. The van der Waals surface area contributed by atoms with Crippen LogP contribution in [0.25, 0.3) is 10.9 Å². The van der Waals surface area contributed by atoms with Gasteiger partial charge in [0, 0.05) is 37.0 Å². The number of hydrogen-bond donors (Lipinski definition) is 3. The first kappa shape index (κ1) is 26.0. The second-order valence-corrected chi connectivity index (χ2v) is 11.0. The number of alkyl halides is 4. The summed E-state index contributed by atoms with van der Waals surface area (Å²) >= 11 is 6.34. The van der Waals surface area contributed by atoms with E-state index in [1.54, 1.807) is 25.2 Å². The minimum absolute atomic E-state index is 0.144. The van der Waals surface area contributed by atoms with Crippen molar-refractivity contribution in [2.45, 2.75) is 62.5 Å². The number of hydrogen-bond acceptors (Lipinski definition) is 7. The average molecular weight is 567 g/mol. The van der Waals surface area contributed by atoms with Gasteiger partial charge in [0.1, 0.15) is 5.02 Å². The normalized spacial score (nSPS) is 22.4. The number of anilines is 4. The molecule has 0 unspecified atom stereocenters. The molecule has 2 aliphatic carbocycles. The lowest BCUT2D eigenvalue weighted by atomic mass is 9.92. The van der Waals surface area contributed by atoms with Crippen LogP contribution in [0.4, 0.5) is 40.7 Å². The molecule has 2 saturated carbocycles. The van der Waals surface area contributed by atoms with Crippen molar-refractivity contribution >= 4 is 45.6 Å². The van der Waals surface area contributed by atoms with E-state index in [2.05, 4.69) is 25.9 Å². The molecule has 208 valence electrons. The Morgan fingerprint density at radius 1 is 1.15 bits per heavy atom. The van der Waals surface area contributed by atoms with Gasteiger partial charge in [0.2, 0.25) is 17.6 Å². The standard InChI is InChI=1S/C26H27ClF4N6O2/c1-37-18-5-4-15(33-22-17(27)11-32-24(36-22)34-14-6-8-25(28,29)9-7-14)10-16(18)19-20(23(37)38)39-12-26(30,31)21(35-19)13-2-3-13/h4-5,10-11,13-14,21,35H,2-3,6-9,12H2,1H3,(H2,32,33,34,36)/t21-/m0/s1. The fourth-order valence-corrected chi connectivity index (χ4v) is 5.45. The summed E-state index contributed by atoms with van der Waals surface area (Å²) in [6.45, 7) is -0.877. The molecular formula is C26H27ClF4N6O2. The molecule has 0 spiro atoms. The van der Waals surface area contributed by atoms with Crippen LogP contribution in [0, 0.1) is 5.92 Å². The molecule has 13 heteroatoms. The van der Waals surface area contributed by atoms with Crippen LogP contribution in [0.5, 0.6) is 5.75 Å². The van der Waals surface area contributed by atoms with Gasteiger partial charge in [0.15, 0.2) is 12.4 Å². The van der Waals surface area contributed by atoms with Crippen molar-refractivity contribution in [3.05, 3.63) is 39.8 Å². The van der Waals surface area contributed by atoms with E-state index in [0.29, 0.717) is 42.3 Å². The Hall–Kier alpha value is -3.28. The topological polar surface area (TPSA) is 93.1 Å². The minimum atomic E-state index is -3.14. The van der Waals surface area contributed by atoms with Gasteiger partial charge >= 0.3 is 5.92 Å². The fraction of sp³-hybridized carbons (Fsp3) is 0.500. The van der Waals surface area contributed by atoms with Crippen molar-refractivity contribution in [3.8, 4) is 5.75 Å². The smallest absolute Gasteiger partial charge is 0.301 e. The molecule has 3 aromatic rings. The summed E-state index contributed by atoms with van der Waals surface area (Å²) < 4.78 is 63.6. The van der Waals surface area contributed by atoms with E-state index in [1.807, 2.05) is 0 Å². The van der Waals surface area contributed by atoms with E-state index in [1.165, 1.54) is 10.8 Å². The molecule has 2 fully saturated rings. The summed E-state index contributed by atoms with van der Waals surface area (Å²) in [4.78, 5) is 21.6. The third-order valence-electron chi connectivity index (χ3n) is 7.67. The third kappa shape index (κ3) is 5.06. The van der Waals surface area contributed by atoms with Gasteiger partial charge in [0.05, 0.1) is 23.4 Å². The zero-order valence-electron chi connectivity index (χ0n) is 21.0. The number of rotatable bonds is 5. The van der Waals surface area contributed by atoms with Gasteiger partial charge < -0.3 is 25.3 Å². The van der Waals surface area contributed by atoms with Crippen LogP contribution in [0.15, 0.2) is 29.2 Å². The third-order valence-corrected chi connectivity index (χ3v) is 7.94. The average Bonchev–Trinajstić information content (AvgIpc) is 3.73. The number of aromatic nitrogens is 3. The van der Waals surface area contributed by atoms with E-state index in [0.717, 1.165) is 0 Å². The number of pyridine rings is 1. The number of ether oxygens (including phenoxy) is 1. The molecule has 0 bridgehead atoms. The van der Waals surface area contributed by atoms with Crippen molar-refractivity contribution < 1.29 is 22.3 Å². The van der Waals surface area contributed by atoms with Crippen LogP contribution in [0.3, 0.4) is 0 Å². The maximum absolute atomic E-state index is 14.9. The molecule has 8 nitrogen and oxygen atoms in total. The molecule has 3 aliphatic rings. The first-order valence-electron chi connectivity index (χ1n) is 12.9. The predicted molar refractivity (Wildman–Crippen MR) is 141 cm³/mol. The largest absolute Gasteiger partial charge is 0.480 e. The highest BCUT2D eigenvalue weighted by Crippen LogP contribution is 2.45. The number of nitrogens with zero attached hydrogens (tertiary/aromatic N) is 3. The first-order chi connectivity index (χ1) is 18.5. The highest BCUT2D eigenvalue weighted by molar-refractivity contribution is 6.32. The number of benzene rings is 1. The number of nitrogens with one attached hydrogen (secondary N) is 3. The molecule has 0 amide bonds. The first-order valence-corrected chi connectivity index (χ1v) is 13.3. The molecular weight excluding hydrogens is 540 g/mol. The summed E-state index contributed by atoms with van der Waals surface area (Å²) in [5, 5.41) is 9.93. The molecule has 6 rings (SSSR count). The Morgan fingerprint density at radius 2 is 1.90 bits per heavy atom. The molecule has 39 heavy (non-hydrogen) atoms. The van der Waals surface area contributed by atoms with Gasteiger partial charge in [-0.2, -0.15) is 4.98 Å². The monoisotopic (exact) mass is 566 g/mol. The van der Waals surface area contributed by atoms with Crippen LogP contribution in [0.2, 0.25) is 5.02 Å². The van der Waals surface area contributed by atoms with Gasteiger partial charge in [-0.05, 0) is 49.8 Å². The van der Waals surface area contributed by atoms with Crippen LogP contribution >= 0.6 is 11.6 Å². The van der Waals surface area contributed by atoms with Crippen LogP contribution in [0.1, 0.15) is 38.5 Å². The zero-order chi connectivity index (χ0) is 27.5. The van der Waals surface area contributed by atoms with Crippen molar-refractivity contribution in [1.82, 2.24) is 14.5 Å². The summed E-state index contributed by atoms with van der Waals surface area (Å²) in [6, 6.07) is 3.81. The second kappa shape index (κ2) is 9.42. The molecule has 1 aromatic carbocycles. The Morgan fingerprint density at radius 3 is 2.62 bits per heavy atom. The van der Waals surface area contributed by atoms with Crippen molar-refractivity contribution in [3.63, 3.8) is 0 Å². The van der Waals surface area contributed by atoms with Gasteiger partial charge in [0.25, 0.3) is 5.56 Å². The molecule has 1 aliphatic heterocycles. The Kier molecular flexibility index (Phi) is 6.28. The van der Waals surface area contributed by atoms with Gasteiger partial charge in [-0.15, -0.1) is 0 Å². The highest BCUT2D eigenvalue weighted by atomic mass is 35.5. The van der Waals surface area contributed by atoms with Gasteiger partial charge in [-0.25, -0.2) is 22.5 Å². The van der Waals surface area contributed by atoms with Gasteiger partial charge in [-0.1, -0.05) is 11.6 Å². The molecule has 1 atom stereocenters. The lowest BCUT2D eigenvalue weighted by Crippen LogP contribution is -2.44. The summed E-state index contributed by atoms with van der Waals surface area (Å²) in [5.74, 6) is -5.60. The lowest BCUT2D eigenvalue weighted by Gasteiger charge is -2.28. The zero-order valence-corrected chi connectivity index (χ0v) is 21.8. The SMILES string of the molecule is Cn1c(=O)c2c(c3cc(Nc4nc(NC5CCC(F)(F)CC5)ncc4Cl)ccc31)N[C@@H](C1CC1)C(F)(F)CO2. The van der Waals surface area contributed by atoms with Gasteiger partial charge in [-0.3, -0.25) is 4.79 Å². The Labute approximate surface area is 226 Å². The van der Waals surface area contributed by atoms with E-state index in [4.69, 9.17) is 16.3 Å².